The van der Waals surface area contributed by atoms with Gasteiger partial charge in [0.1, 0.15) is 116 Å². The van der Waals surface area contributed by atoms with Crippen molar-refractivity contribution in [2.24, 2.45) is 52.3 Å². The van der Waals surface area contributed by atoms with Crippen LogP contribution in [-0.4, -0.2) is 276 Å². The van der Waals surface area contributed by atoms with Crippen molar-refractivity contribution in [1.82, 2.24) is 0 Å². The molecule has 7 heterocycles. The van der Waals surface area contributed by atoms with Crippen molar-refractivity contribution in [2.45, 2.75) is 245 Å². The average Bonchev–Trinajstić information content (AvgIpc) is 1.54. The number of carbonyl (C=O) groups is 1. The summed E-state index contributed by atoms with van der Waals surface area (Å²) in [6, 6.07) is 0. The van der Waals surface area contributed by atoms with Crippen LogP contribution in [0, 0.1) is 52.3 Å². The van der Waals surface area contributed by atoms with Crippen LogP contribution in [0.5, 0.6) is 0 Å². The number of fused-ring (bicyclic) bond motifs is 7. The summed E-state index contributed by atoms with van der Waals surface area (Å²) in [5.74, 6) is 1.21. The molecule has 11 fully saturated rings. The van der Waals surface area contributed by atoms with Crippen molar-refractivity contribution in [1.29, 1.82) is 0 Å². The van der Waals surface area contributed by atoms with E-state index < -0.39 is 192 Å². The van der Waals surface area contributed by atoms with Gasteiger partial charge in [0.2, 0.25) is 0 Å². The highest BCUT2D eigenvalue weighted by molar-refractivity contribution is 5.87. The molecule has 27 heteroatoms. The molecule has 0 bridgehead atoms. The minimum atomic E-state index is -2.12. The van der Waals surface area contributed by atoms with E-state index >= 15 is 0 Å². The highest BCUT2D eigenvalue weighted by Crippen LogP contribution is 2.70. The summed E-state index contributed by atoms with van der Waals surface area (Å²) >= 11 is 0. The van der Waals surface area contributed by atoms with Gasteiger partial charge in [-0.1, -0.05) is 27.7 Å². The van der Waals surface area contributed by atoms with Crippen LogP contribution in [0.25, 0.3) is 0 Å². The number of ketones is 1. The van der Waals surface area contributed by atoms with E-state index in [4.69, 9.17) is 56.8 Å². The molecule has 14 N–H and O–H groups in total. The molecule has 0 aromatic carbocycles. The lowest BCUT2D eigenvalue weighted by molar-refractivity contribution is -0.408. The van der Waals surface area contributed by atoms with Crippen molar-refractivity contribution in [2.75, 3.05) is 39.6 Å². The van der Waals surface area contributed by atoms with E-state index in [1.54, 1.807) is 0 Å². The smallest absolute Gasteiger partial charge is 0.187 e. The Morgan fingerprint density at radius 3 is 1.71 bits per heavy atom. The second-order valence-corrected chi connectivity index (χ2v) is 26.1. The molecule has 7 saturated heterocycles. The van der Waals surface area contributed by atoms with Crippen LogP contribution in [0.4, 0.5) is 0 Å². The van der Waals surface area contributed by atoms with Crippen molar-refractivity contribution in [3.05, 3.63) is 0 Å². The van der Waals surface area contributed by atoms with Crippen LogP contribution in [0.1, 0.15) is 85.5 Å². The number of aliphatic hydroxyl groups excluding tert-OH is 14. The fourth-order valence-electron chi connectivity index (χ4n) is 16.8. The summed E-state index contributed by atoms with van der Waals surface area (Å²) in [7, 11) is 0. The fourth-order valence-corrected chi connectivity index (χ4v) is 16.8. The van der Waals surface area contributed by atoms with Gasteiger partial charge in [0.05, 0.1) is 51.8 Å². The molecule has 27 nitrogen and oxygen atoms in total. The number of Topliss-reactive ketones (excluding diaryl/α,β-unsaturated/α-hetero) is 1. The standard InChI is InChI=1S/C55H88O27/c1-20-7-10-55(73-17-20)21(2)34-29(82-55)12-26-24-6-5-22-11-23(8-9-53(22,3)25(24)13-33(61)54(26,34)4)74-50-42(69)39(66)44(32(16-58)77-50)78-52-47(46(38(65)31(15-57)76-52)80-49-41(68)36(63)28(60)19-72-49)81-51-43(70)45(37(64)30(14-56)75-51)79-48-40(67)35(62)27(59)18-71-48/h20-32,34-52,56-60,62-70H,5-19H2,1-4H3/t20-,21+,22+,23+,24-,25+,26+,27+,28-,29+,30-,31-,32-,34+,35+,36+,37-,38-,39-,40-,41-,42-,43-,44+,45+,46+,47-,48+,49+,50-,51+,52+,53+,54-,55-/m1/s1. The Balaban J connectivity index is 0.785. The zero-order valence-electron chi connectivity index (χ0n) is 46.7. The zero-order valence-corrected chi connectivity index (χ0v) is 46.7. The van der Waals surface area contributed by atoms with E-state index in [2.05, 4.69) is 27.7 Å². The van der Waals surface area contributed by atoms with E-state index in [-0.39, 0.29) is 41.1 Å². The number of carbonyl (C=O) groups excluding carboxylic acids is 1. The third-order valence-corrected chi connectivity index (χ3v) is 21.6. The Morgan fingerprint density at radius 1 is 0.524 bits per heavy atom. The first-order valence-electron chi connectivity index (χ1n) is 29.6. The number of hydrogen-bond donors (Lipinski definition) is 14. The molecule has 4 saturated carbocycles. The zero-order chi connectivity index (χ0) is 58.6. The van der Waals surface area contributed by atoms with Gasteiger partial charge in [0.15, 0.2) is 37.2 Å². The van der Waals surface area contributed by atoms with Gasteiger partial charge in [-0.3, -0.25) is 4.79 Å². The van der Waals surface area contributed by atoms with Crippen LogP contribution in [-0.2, 0) is 61.6 Å². The summed E-state index contributed by atoms with van der Waals surface area (Å²) in [4.78, 5) is 14.8. The minimum absolute atomic E-state index is 0.0314. The molecule has 0 aromatic heterocycles. The van der Waals surface area contributed by atoms with Gasteiger partial charge in [-0.25, -0.2) is 0 Å². The third kappa shape index (κ3) is 10.7. The first-order valence-corrected chi connectivity index (χ1v) is 29.6. The lowest BCUT2D eigenvalue weighted by Gasteiger charge is -2.60. The average molecular weight is 1180 g/mol. The summed E-state index contributed by atoms with van der Waals surface area (Å²) in [6.07, 6.45) is -35.3. The predicted octanol–water partition coefficient (Wildman–Crippen LogP) is -4.63. The van der Waals surface area contributed by atoms with Crippen molar-refractivity contribution in [3.63, 3.8) is 0 Å². The Kier molecular flexibility index (Phi) is 18.4. The minimum Gasteiger partial charge on any atom is -0.394 e. The Morgan fingerprint density at radius 2 is 1.09 bits per heavy atom. The first kappa shape index (κ1) is 62.2. The molecule has 0 unspecified atom stereocenters. The fraction of sp³-hybridized carbons (Fsp3) is 0.982. The largest absolute Gasteiger partial charge is 0.394 e. The Hall–Kier alpha value is -1.37. The second-order valence-electron chi connectivity index (χ2n) is 26.1. The van der Waals surface area contributed by atoms with Crippen LogP contribution in [0.2, 0.25) is 0 Å². The van der Waals surface area contributed by atoms with Gasteiger partial charge in [0, 0.05) is 30.1 Å². The molecular weight excluding hydrogens is 1090 g/mol. The molecule has 35 atom stereocenters. The van der Waals surface area contributed by atoms with Gasteiger partial charge in [-0.05, 0) is 80.0 Å². The Bertz CT molecular complexity index is 2180. The van der Waals surface area contributed by atoms with Gasteiger partial charge in [-0.2, -0.15) is 0 Å². The third-order valence-electron chi connectivity index (χ3n) is 21.6. The van der Waals surface area contributed by atoms with E-state index in [1.807, 2.05) is 0 Å². The lowest BCUT2D eigenvalue weighted by atomic mass is 9.44. The van der Waals surface area contributed by atoms with E-state index in [1.165, 1.54) is 0 Å². The summed E-state index contributed by atoms with van der Waals surface area (Å²) in [5, 5.41) is 153. The van der Waals surface area contributed by atoms with Gasteiger partial charge in [0.25, 0.3) is 0 Å². The number of aliphatic hydroxyl groups is 14. The highest BCUT2D eigenvalue weighted by atomic mass is 16.8. The maximum absolute atomic E-state index is 14.8. The van der Waals surface area contributed by atoms with E-state index in [9.17, 15) is 76.3 Å². The first-order chi connectivity index (χ1) is 39.0. The maximum atomic E-state index is 14.8. The molecule has 7 aliphatic heterocycles. The molecule has 0 amide bonds. The molecule has 4 aliphatic carbocycles. The van der Waals surface area contributed by atoms with E-state index in [0.29, 0.717) is 43.5 Å². The number of hydrogen-bond acceptors (Lipinski definition) is 27. The lowest BCUT2D eigenvalue weighted by Crippen LogP contribution is -2.69. The van der Waals surface area contributed by atoms with Gasteiger partial charge >= 0.3 is 0 Å². The molecule has 0 radical (unpaired) electrons. The van der Waals surface area contributed by atoms with Crippen molar-refractivity contribution < 1.29 is 133 Å². The van der Waals surface area contributed by atoms with Crippen molar-refractivity contribution in [3.8, 4) is 0 Å². The summed E-state index contributed by atoms with van der Waals surface area (Å²) in [6.45, 7) is 5.75. The van der Waals surface area contributed by atoms with Crippen LogP contribution >= 0.6 is 0 Å². The monoisotopic (exact) mass is 1180 g/mol. The molecule has 470 valence electrons. The number of ether oxygens (including phenoxy) is 12. The van der Waals surface area contributed by atoms with Crippen molar-refractivity contribution >= 4 is 5.78 Å². The normalized spacial score (nSPS) is 57.0. The summed E-state index contributed by atoms with van der Waals surface area (Å²) in [5.41, 5.74) is -0.682. The molecule has 1 spiro atoms. The number of rotatable bonds is 13. The SMILES string of the molecule is C[C@@H]1CC[C@@]2(OC1)O[C@H]1C[C@H]3[C@@H]4CC[C@H]5C[C@@H](O[C@@H]6O[C@H](CO)[C@H](O[C@@H]7O[C@H](CO)[C@@H](O)[C@H](O[C@@H]8OC[C@@H](O)[C@H](O)[C@H]8O)[C@H]7O[C@@H]7O[C@H](CO)[C@@H](O)[C@H](O[C@@H]8OC[C@H](O)[C@H](O)[C@H]8O)[C@H]7O)[C@H](O)[C@H]6O)CC[C@]5(C)[C@H]4CC(=O)[C@]3(C)[C@H]1[C@@H]2C. The van der Waals surface area contributed by atoms with Crippen LogP contribution < -0.4 is 0 Å². The van der Waals surface area contributed by atoms with E-state index in [0.717, 1.165) is 38.5 Å². The maximum Gasteiger partial charge on any atom is 0.187 e. The Labute approximate surface area is 474 Å². The van der Waals surface area contributed by atoms with Crippen LogP contribution in [0.15, 0.2) is 0 Å². The van der Waals surface area contributed by atoms with Crippen LogP contribution in [0.3, 0.4) is 0 Å². The molecule has 11 rings (SSSR count). The van der Waals surface area contributed by atoms with Gasteiger partial charge < -0.3 is 128 Å². The molecular formula is C55H88O27. The molecule has 11 aliphatic rings. The summed E-state index contributed by atoms with van der Waals surface area (Å²) < 4.78 is 73.0. The topological polar surface area (TPSA) is 411 Å². The molecule has 0 aromatic rings. The highest BCUT2D eigenvalue weighted by Gasteiger charge is 2.72. The van der Waals surface area contributed by atoms with Gasteiger partial charge in [-0.15, -0.1) is 0 Å². The quantitative estimate of drug-likeness (QED) is 0.0772. The second kappa shape index (κ2) is 24.2. The molecule has 82 heavy (non-hydrogen) atoms. The predicted molar refractivity (Wildman–Crippen MR) is 269 cm³/mol.